The molecule has 0 bridgehead atoms. The van der Waals surface area contributed by atoms with Crippen LogP contribution in [-0.4, -0.2) is 25.5 Å². The van der Waals surface area contributed by atoms with E-state index >= 15 is 0 Å². The first kappa shape index (κ1) is 17.5. The molecule has 0 aliphatic heterocycles. The highest BCUT2D eigenvalue weighted by Gasteiger charge is 2.13. The molecule has 0 radical (unpaired) electrons. The van der Waals surface area contributed by atoms with E-state index in [1.54, 1.807) is 53.4 Å². The van der Waals surface area contributed by atoms with Crippen LogP contribution in [0.5, 0.6) is 0 Å². The van der Waals surface area contributed by atoms with Gasteiger partial charge in [-0.2, -0.15) is 9.61 Å². The fraction of sp³-hybridized carbons (Fsp3) is 0.111. The highest BCUT2D eigenvalue weighted by atomic mass is 35.5. The summed E-state index contributed by atoms with van der Waals surface area (Å²) in [5, 5.41) is 7.96. The Morgan fingerprint density at radius 1 is 1.15 bits per heavy atom. The second-order valence-corrected chi connectivity index (χ2v) is 6.57. The number of amides is 1. The molecule has 3 heterocycles. The lowest BCUT2D eigenvalue weighted by Gasteiger charge is -2.06. The predicted octanol–water partition coefficient (Wildman–Crippen LogP) is 4.26. The van der Waals surface area contributed by atoms with Crippen LogP contribution < -0.4 is 5.32 Å². The molecule has 0 spiro atoms. The van der Waals surface area contributed by atoms with Crippen molar-refractivity contribution in [2.45, 2.75) is 12.8 Å². The van der Waals surface area contributed by atoms with Crippen molar-refractivity contribution in [1.29, 1.82) is 0 Å². The predicted molar refractivity (Wildman–Crippen MR) is 102 cm³/mol. The van der Waals surface area contributed by atoms with E-state index in [-0.39, 0.29) is 12.3 Å². The third-order valence-electron chi connectivity index (χ3n) is 3.87. The molecule has 0 saturated carbocycles. The van der Waals surface area contributed by atoms with Crippen LogP contribution in [0.15, 0.2) is 53.3 Å². The molecule has 9 heteroatoms. The number of hydrogen-bond acceptors (Lipinski definition) is 5. The zero-order valence-electron chi connectivity index (χ0n) is 13.9. The molecule has 136 valence electrons. The van der Waals surface area contributed by atoms with Gasteiger partial charge in [0.1, 0.15) is 5.82 Å². The van der Waals surface area contributed by atoms with Crippen molar-refractivity contribution in [3.8, 4) is 11.3 Å². The highest BCUT2D eigenvalue weighted by molar-refractivity contribution is 6.36. The first-order chi connectivity index (χ1) is 13.1. The van der Waals surface area contributed by atoms with Gasteiger partial charge in [0.15, 0.2) is 17.3 Å². The first-order valence-electron chi connectivity index (χ1n) is 8.09. The van der Waals surface area contributed by atoms with Crippen LogP contribution in [0.1, 0.15) is 12.3 Å². The summed E-state index contributed by atoms with van der Waals surface area (Å²) in [6, 6.07) is 8.57. The van der Waals surface area contributed by atoms with Gasteiger partial charge in [-0.3, -0.25) is 4.79 Å². The van der Waals surface area contributed by atoms with E-state index in [9.17, 15) is 4.79 Å². The Balaban J connectivity index is 1.41. The van der Waals surface area contributed by atoms with Crippen molar-refractivity contribution in [2.24, 2.45) is 0 Å². The second-order valence-electron chi connectivity index (χ2n) is 5.72. The normalized spacial score (nSPS) is 11.0. The average Bonchev–Trinajstić information content (AvgIpc) is 3.30. The number of carbonyl (C=O) groups is 1. The number of oxazole rings is 1. The summed E-state index contributed by atoms with van der Waals surface area (Å²) in [5.74, 6) is 1.35. The third-order valence-corrected chi connectivity index (χ3v) is 4.42. The molecule has 4 rings (SSSR count). The van der Waals surface area contributed by atoms with Crippen LogP contribution in [0, 0.1) is 0 Å². The fourth-order valence-electron chi connectivity index (χ4n) is 2.59. The Morgan fingerprint density at radius 3 is 2.89 bits per heavy atom. The Labute approximate surface area is 163 Å². The number of rotatable bonds is 5. The SMILES string of the molecule is O=C(CCc1ncc(-c2ccc(Cl)cc2Cl)o1)Nc1ccnc2ccnn12. The Morgan fingerprint density at radius 2 is 2.04 bits per heavy atom. The molecule has 27 heavy (non-hydrogen) atoms. The number of nitrogens with zero attached hydrogens (tertiary/aromatic N) is 4. The third kappa shape index (κ3) is 3.79. The minimum Gasteiger partial charge on any atom is -0.441 e. The van der Waals surface area contributed by atoms with Gasteiger partial charge in [0.25, 0.3) is 0 Å². The number of anilines is 1. The van der Waals surface area contributed by atoms with Crippen molar-refractivity contribution < 1.29 is 9.21 Å². The van der Waals surface area contributed by atoms with Crippen LogP contribution >= 0.6 is 23.2 Å². The summed E-state index contributed by atoms with van der Waals surface area (Å²) in [6.07, 6.45) is 5.37. The quantitative estimate of drug-likeness (QED) is 0.539. The summed E-state index contributed by atoms with van der Waals surface area (Å²) >= 11 is 12.1. The molecule has 1 aromatic carbocycles. The van der Waals surface area contributed by atoms with Crippen LogP contribution in [0.2, 0.25) is 10.0 Å². The largest absolute Gasteiger partial charge is 0.441 e. The lowest BCUT2D eigenvalue weighted by Crippen LogP contribution is -2.15. The Kier molecular flexibility index (Phi) is 4.79. The summed E-state index contributed by atoms with van der Waals surface area (Å²) in [5.41, 5.74) is 1.35. The van der Waals surface area contributed by atoms with Crippen molar-refractivity contribution >= 4 is 40.6 Å². The lowest BCUT2D eigenvalue weighted by atomic mass is 10.2. The van der Waals surface area contributed by atoms with Crippen LogP contribution in [-0.2, 0) is 11.2 Å². The van der Waals surface area contributed by atoms with Crippen molar-refractivity contribution in [3.05, 3.63) is 64.9 Å². The monoisotopic (exact) mass is 401 g/mol. The van der Waals surface area contributed by atoms with Gasteiger partial charge in [0.2, 0.25) is 5.91 Å². The van der Waals surface area contributed by atoms with Gasteiger partial charge >= 0.3 is 0 Å². The zero-order valence-corrected chi connectivity index (χ0v) is 15.4. The van der Waals surface area contributed by atoms with E-state index in [0.29, 0.717) is 45.1 Å². The Hall–Kier alpha value is -2.90. The maximum absolute atomic E-state index is 12.2. The zero-order chi connectivity index (χ0) is 18.8. The summed E-state index contributed by atoms with van der Waals surface area (Å²) < 4.78 is 7.26. The van der Waals surface area contributed by atoms with E-state index in [2.05, 4.69) is 20.4 Å². The molecule has 0 aliphatic carbocycles. The number of nitrogens with one attached hydrogen (secondary N) is 1. The molecule has 0 saturated heterocycles. The van der Waals surface area contributed by atoms with E-state index < -0.39 is 0 Å². The average molecular weight is 402 g/mol. The van der Waals surface area contributed by atoms with E-state index in [1.165, 1.54) is 0 Å². The maximum Gasteiger partial charge on any atom is 0.226 e. The van der Waals surface area contributed by atoms with E-state index in [0.717, 1.165) is 0 Å². The number of hydrogen-bond donors (Lipinski definition) is 1. The number of aryl methyl sites for hydroxylation is 1. The summed E-state index contributed by atoms with van der Waals surface area (Å²) in [7, 11) is 0. The number of aromatic nitrogens is 4. The van der Waals surface area contributed by atoms with Crippen molar-refractivity contribution in [1.82, 2.24) is 19.6 Å². The molecular formula is C18H13Cl2N5O2. The molecule has 0 unspecified atom stereocenters. The van der Waals surface area contributed by atoms with Crippen LogP contribution in [0.3, 0.4) is 0 Å². The molecule has 1 amide bonds. The summed E-state index contributed by atoms with van der Waals surface area (Å²) in [6.45, 7) is 0. The fourth-order valence-corrected chi connectivity index (χ4v) is 3.10. The molecular weight excluding hydrogens is 389 g/mol. The van der Waals surface area contributed by atoms with Gasteiger partial charge in [0.05, 0.1) is 17.4 Å². The lowest BCUT2D eigenvalue weighted by molar-refractivity contribution is -0.116. The number of carbonyl (C=O) groups excluding carboxylic acids is 1. The second kappa shape index (κ2) is 7.38. The van der Waals surface area contributed by atoms with Gasteiger partial charge in [-0.1, -0.05) is 23.2 Å². The first-order valence-corrected chi connectivity index (χ1v) is 8.84. The van der Waals surface area contributed by atoms with Crippen LogP contribution in [0.4, 0.5) is 5.82 Å². The highest BCUT2D eigenvalue weighted by Crippen LogP contribution is 2.30. The van der Waals surface area contributed by atoms with Gasteiger partial charge in [-0.25, -0.2) is 9.97 Å². The number of benzene rings is 1. The van der Waals surface area contributed by atoms with Crippen LogP contribution in [0.25, 0.3) is 17.0 Å². The molecule has 0 fully saturated rings. The standard InChI is InChI=1S/C18H13Cl2N5O2/c19-11-1-2-12(13(20)9-11)14-10-22-18(27-14)4-3-17(26)24-16-5-7-21-15-6-8-23-25(15)16/h1-2,5-10H,3-4H2,(H,24,26). The van der Waals surface area contributed by atoms with Crippen molar-refractivity contribution in [3.63, 3.8) is 0 Å². The Bertz CT molecular complexity index is 1120. The smallest absolute Gasteiger partial charge is 0.226 e. The van der Waals surface area contributed by atoms with Crippen molar-refractivity contribution in [2.75, 3.05) is 5.32 Å². The summed E-state index contributed by atoms with van der Waals surface area (Å²) in [4.78, 5) is 20.6. The molecule has 0 atom stereocenters. The van der Waals surface area contributed by atoms with Gasteiger partial charge in [0, 0.05) is 35.7 Å². The maximum atomic E-state index is 12.2. The van der Waals surface area contributed by atoms with Gasteiger partial charge in [-0.05, 0) is 24.3 Å². The minimum absolute atomic E-state index is 0.178. The molecule has 4 aromatic rings. The van der Waals surface area contributed by atoms with E-state index in [1.807, 2.05) is 0 Å². The van der Waals surface area contributed by atoms with E-state index in [4.69, 9.17) is 27.6 Å². The number of fused-ring (bicyclic) bond motifs is 1. The van der Waals surface area contributed by atoms with Gasteiger partial charge in [-0.15, -0.1) is 0 Å². The minimum atomic E-state index is -0.178. The molecule has 1 N–H and O–H groups in total. The molecule has 7 nitrogen and oxygen atoms in total. The molecule has 3 aromatic heterocycles. The topological polar surface area (TPSA) is 85.3 Å². The van der Waals surface area contributed by atoms with Gasteiger partial charge < -0.3 is 9.73 Å². The molecule has 0 aliphatic rings. The number of halogens is 2.